The lowest BCUT2D eigenvalue weighted by Crippen LogP contribution is -2.24. The largest absolute Gasteiger partial charge is 0.508 e. The van der Waals surface area contributed by atoms with E-state index in [1.165, 1.54) is 0 Å². The van der Waals surface area contributed by atoms with E-state index in [9.17, 15) is 5.11 Å². The Morgan fingerprint density at radius 3 is 2.38 bits per heavy atom. The number of phenolic OH excluding ortho intramolecular Hbond substituents is 1. The van der Waals surface area contributed by atoms with Gasteiger partial charge in [-0.2, -0.15) is 0 Å². The molecule has 0 aliphatic rings. The topological polar surface area (TPSA) is 32.3 Å². The second-order valence-corrected chi connectivity index (χ2v) is 5.87. The summed E-state index contributed by atoms with van der Waals surface area (Å²) in [5.74, 6) is 0.284. The molecule has 0 bridgehead atoms. The Bertz CT molecular complexity index is 584. The summed E-state index contributed by atoms with van der Waals surface area (Å²) in [6, 6.07) is 13.2. The highest BCUT2D eigenvalue weighted by atomic mass is 35.5. The van der Waals surface area contributed by atoms with Crippen LogP contribution >= 0.6 is 23.2 Å². The Balaban J connectivity index is 2.20. The lowest BCUT2D eigenvalue weighted by Gasteiger charge is -2.20. The van der Waals surface area contributed by atoms with Crippen LogP contribution in [-0.4, -0.2) is 11.7 Å². The molecule has 21 heavy (non-hydrogen) atoms. The van der Waals surface area contributed by atoms with Crippen molar-refractivity contribution in [2.75, 3.05) is 6.54 Å². The van der Waals surface area contributed by atoms with Gasteiger partial charge in [0.1, 0.15) is 5.75 Å². The van der Waals surface area contributed by atoms with Crippen molar-refractivity contribution in [2.45, 2.75) is 25.8 Å². The molecule has 0 aromatic heterocycles. The molecule has 0 heterocycles. The van der Waals surface area contributed by atoms with E-state index in [4.69, 9.17) is 23.2 Å². The molecule has 0 saturated heterocycles. The van der Waals surface area contributed by atoms with Gasteiger partial charge in [0.05, 0.1) is 10.0 Å². The zero-order valence-corrected chi connectivity index (χ0v) is 13.5. The van der Waals surface area contributed by atoms with E-state index >= 15 is 0 Å². The lowest BCUT2D eigenvalue weighted by molar-refractivity contribution is 0.474. The maximum atomic E-state index is 9.37. The molecule has 2 nitrogen and oxygen atoms in total. The molecule has 0 aliphatic heterocycles. The van der Waals surface area contributed by atoms with E-state index in [0.717, 1.165) is 30.5 Å². The van der Waals surface area contributed by atoms with Crippen LogP contribution in [-0.2, 0) is 6.42 Å². The van der Waals surface area contributed by atoms with Crippen molar-refractivity contribution in [1.29, 1.82) is 0 Å². The summed E-state index contributed by atoms with van der Waals surface area (Å²) >= 11 is 12.1. The Kier molecular flexibility index (Phi) is 5.92. The van der Waals surface area contributed by atoms with Gasteiger partial charge in [0, 0.05) is 6.04 Å². The van der Waals surface area contributed by atoms with Gasteiger partial charge in [-0.3, -0.25) is 0 Å². The van der Waals surface area contributed by atoms with Crippen LogP contribution in [0.4, 0.5) is 0 Å². The van der Waals surface area contributed by atoms with Crippen LogP contribution < -0.4 is 5.32 Å². The van der Waals surface area contributed by atoms with Crippen molar-refractivity contribution in [1.82, 2.24) is 5.32 Å². The third-order valence-electron chi connectivity index (χ3n) is 3.36. The summed E-state index contributed by atoms with van der Waals surface area (Å²) in [6.07, 6.45) is 1.89. The third-order valence-corrected chi connectivity index (χ3v) is 4.10. The molecule has 0 aliphatic carbocycles. The number of benzene rings is 2. The van der Waals surface area contributed by atoms with Crippen molar-refractivity contribution >= 4 is 23.2 Å². The maximum absolute atomic E-state index is 9.37. The molecule has 0 spiro atoms. The number of phenols is 1. The molecule has 1 atom stereocenters. The zero-order valence-electron chi connectivity index (χ0n) is 11.9. The van der Waals surface area contributed by atoms with E-state index in [0.29, 0.717) is 10.0 Å². The van der Waals surface area contributed by atoms with Crippen molar-refractivity contribution in [3.8, 4) is 5.75 Å². The van der Waals surface area contributed by atoms with Gasteiger partial charge in [-0.05, 0) is 54.8 Å². The van der Waals surface area contributed by atoms with Crippen LogP contribution in [0.25, 0.3) is 0 Å². The van der Waals surface area contributed by atoms with Gasteiger partial charge in [0.15, 0.2) is 0 Å². The third kappa shape index (κ3) is 4.63. The number of aromatic hydroxyl groups is 1. The fourth-order valence-corrected chi connectivity index (χ4v) is 2.53. The van der Waals surface area contributed by atoms with Crippen LogP contribution in [0.2, 0.25) is 10.0 Å². The molecule has 4 heteroatoms. The SMILES string of the molecule is CCCNC(Cc1ccc(O)cc1)c1ccc(Cl)c(Cl)c1. The molecule has 1 unspecified atom stereocenters. The zero-order chi connectivity index (χ0) is 15.2. The first-order chi connectivity index (χ1) is 10.1. The highest BCUT2D eigenvalue weighted by Gasteiger charge is 2.13. The molecular formula is C17H19Cl2NO. The fourth-order valence-electron chi connectivity index (χ4n) is 2.22. The molecule has 0 amide bonds. The van der Waals surface area contributed by atoms with Gasteiger partial charge in [0.25, 0.3) is 0 Å². The second-order valence-electron chi connectivity index (χ2n) is 5.05. The van der Waals surface area contributed by atoms with Crippen molar-refractivity contribution < 1.29 is 5.11 Å². The minimum atomic E-state index is 0.171. The Morgan fingerprint density at radius 1 is 1.05 bits per heavy atom. The maximum Gasteiger partial charge on any atom is 0.115 e. The van der Waals surface area contributed by atoms with E-state index < -0.39 is 0 Å². The van der Waals surface area contributed by atoms with E-state index in [2.05, 4.69) is 12.2 Å². The summed E-state index contributed by atoms with van der Waals surface area (Å²) in [6.45, 7) is 3.07. The van der Waals surface area contributed by atoms with Gasteiger partial charge in [-0.15, -0.1) is 0 Å². The standard InChI is InChI=1S/C17H19Cl2NO/c1-2-9-20-17(10-12-3-6-14(21)7-4-12)13-5-8-15(18)16(19)11-13/h3-8,11,17,20-21H,2,9-10H2,1H3. The van der Waals surface area contributed by atoms with Crippen LogP contribution in [0.15, 0.2) is 42.5 Å². The fraction of sp³-hybridized carbons (Fsp3) is 0.294. The smallest absolute Gasteiger partial charge is 0.115 e. The van der Waals surface area contributed by atoms with Crippen LogP contribution in [0.3, 0.4) is 0 Å². The molecule has 2 rings (SSSR count). The number of halogens is 2. The molecule has 2 aromatic carbocycles. The van der Waals surface area contributed by atoms with Gasteiger partial charge < -0.3 is 10.4 Å². The predicted molar refractivity (Wildman–Crippen MR) is 89.3 cm³/mol. The molecule has 2 N–H and O–H groups in total. The van der Waals surface area contributed by atoms with E-state index in [-0.39, 0.29) is 11.8 Å². The van der Waals surface area contributed by atoms with Crippen molar-refractivity contribution in [3.63, 3.8) is 0 Å². The molecule has 2 aromatic rings. The number of hydrogen-bond acceptors (Lipinski definition) is 2. The van der Waals surface area contributed by atoms with E-state index in [1.807, 2.05) is 30.3 Å². The lowest BCUT2D eigenvalue weighted by atomic mass is 9.98. The quantitative estimate of drug-likeness (QED) is 0.785. The van der Waals surface area contributed by atoms with E-state index in [1.54, 1.807) is 12.1 Å². The summed E-state index contributed by atoms with van der Waals surface area (Å²) in [5, 5.41) is 14.0. The first kappa shape index (κ1) is 16.2. The molecule has 0 fully saturated rings. The second kappa shape index (κ2) is 7.69. The summed E-state index contributed by atoms with van der Waals surface area (Å²) in [4.78, 5) is 0. The van der Waals surface area contributed by atoms with Gasteiger partial charge in [-0.1, -0.05) is 48.3 Å². The van der Waals surface area contributed by atoms with Gasteiger partial charge in [0.2, 0.25) is 0 Å². The number of rotatable bonds is 6. The van der Waals surface area contributed by atoms with Gasteiger partial charge >= 0.3 is 0 Å². The van der Waals surface area contributed by atoms with Gasteiger partial charge in [-0.25, -0.2) is 0 Å². The molecule has 0 saturated carbocycles. The van der Waals surface area contributed by atoms with Crippen LogP contribution in [0.5, 0.6) is 5.75 Å². The summed E-state index contributed by atoms with van der Waals surface area (Å²) in [7, 11) is 0. The normalized spacial score (nSPS) is 12.3. The Hall–Kier alpha value is -1.22. The highest BCUT2D eigenvalue weighted by Crippen LogP contribution is 2.27. The average molecular weight is 324 g/mol. The summed E-state index contributed by atoms with van der Waals surface area (Å²) in [5.41, 5.74) is 2.28. The molecule has 0 radical (unpaired) electrons. The number of nitrogens with one attached hydrogen (secondary N) is 1. The summed E-state index contributed by atoms with van der Waals surface area (Å²) < 4.78 is 0. The monoisotopic (exact) mass is 323 g/mol. The van der Waals surface area contributed by atoms with Crippen LogP contribution in [0, 0.1) is 0 Å². The number of hydrogen-bond donors (Lipinski definition) is 2. The average Bonchev–Trinajstić information content (AvgIpc) is 2.48. The Morgan fingerprint density at radius 2 is 1.76 bits per heavy atom. The Labute approximate surface area is 135 Å². The van der Waals surface area contributed by atoms with Crippen LogP contribution in [0.1, 0.15) is 30.5 Å². The first-order valence-corrected chi connectivity index (χ1v) is 7.82. The highest BCUT2D eigenvalue weighted by molar-refractivity contribution is 6.42. The van der Waals surface area contributed by atoms with Crippen molar-refractivity contribution in [2.24, 2.45) is 0 Å². The van der Waals surface area contributed by atoms with Crippen molar-refractivity contribution in [3.05, 3.63) is 63.6 Å². The molecule has 112 valence electrons. The predicted octanol–water partition coefficient (Wildman–Crippen LogP) is 4.98. The first-order valence-electron chi connectivity index (χ1n) is 7.06. The minimum absolute atomic E-state index is 0.171. The minimum Gasteiger partial charge on any atom is -0.508 e. The molecular weight excluding hydrogens is 305 g/mol.